The van der Waals surface area contributed by atoms with Crippen LogP contribution in [0.3, 0.4) is 0 Å². The molecule has 3 aliphatic rings. The summed E-state index contributed by atoms with van der Waals surface area (Å²) in [5.74, 6) is -3.25. The number of likely N-dealkylation sites (N-methyl/N-ethyl adjacent to an activating group) is 1. The third-order valence-corrected chi connectivity index (χ3v) is 12.5. The molecule has 1 unspecified atom stereocenters. The molecule has 65 heavy (non-hydrogen) atoms. The van der Waals surface area contributed by atoms with Gasteiger partial charge >= 0.3 is 6.09 Å². The molecule has 0 aromatic heterocycles. The number of amidine groups is 2. The molecule has 0 radical (unpaired) electrons. The summed E-state index contributed by atoms with van der Waals surface area (Å²) in [6.45, 7) is 9.48. The van der Waals surface area contributed by atoms with Crippen LogP contribution in [0.15, 0.2) is 66.7 Å². The predicted molar refractivity (Wildman–Crippen MR) is 243 cm³/mol. The van der Waals surface area contributed by atoms with Gasteiger partial charge in [0.2, 0.25) is 11.8 Å². The molecule has 7 N–H and O–H groups in total. The van der Waals surface area contributed by atoms with Crippen molar-refractivity contribution in [1.82, 2.24) is 15.5 Å². The number of benzene rings is 4. The maximum atomic E-state index is 13.8. The molecule has 16 heteroatoms. The first-order valence-corrected chi connectivity index (χ1v) is 21.8. The van der Waals surface area contributed by atoms with Crippen LogP contribution in [-0.2, 0) is 20.9 Å². The number of piperidine rings is 1. The van der Waals surface area contributed by atoms with Gasteiger partial charge in [-0.2, -0.15) is 0 Å². The third kappa shape index (κ3) is 9.33. The minimum Gasteiger partial charge on any atom is -0.508 e. The molecule has 2 heterocycles. The zero-order chi connectivity index (χ0) is 46.9. The number of nitrogens with one attached hydrogen (secondary N) is 5. The number of nitrogens with zero attached hydrogens (tertiary/aromatic N) is 2. The number of carbonyl (C=O) groups is 6. The topological polar surface area (TPSA) is 242 Å². The summed E-state index contributed by atoms with van der Waals surface area (Å²) in [5, 5.41) is 46.5. The molecule has 2 aliphatic heterocycles. The van der Waals surface area contributed by atoms with E-state index in [1.807, 2.05) is 39.8 Å². The SMILES string of the molecule is CCNC(=O)C(=N)N(C(=N)c1cc(C(C)C)c(O)cc1O)c1ccc(C(=O)C2CCC(c3cc(C)c(OC(=O)Nc4cccc5c4CN(C4CCC(=O)NC4=O)C5=O)c(C)c3)CC2)cc1. The van der Waals surface area contributed by atoms with Gasteiger partial charge in [0.05, 0.1) is 5.56 Å². The molecule has 7 rings (SSSR count). The lowest BCUT2D eigenvalue weighted by Crippen LogP contribution is -2.52. The smallest absolute Gasteiger partial charge is 0.417 e. The van der Waals surface area contributed by atoms with Crippen LogP contribution < -0.4 is 25.6 Å². The number of ether oxygens (including phenoxy) is 1. The normalized spacial score (nSPS) is 18.2. The molecule has 1 saturated heterocycles. The van der Waals surface area contributed by atoms with Crippen LogP contribution in [-0.4, -0.2) is 74.9 Å². The number of ketones is 1. The number of imide groups is 1. The second-order valence-electron chi connectivity index (χ2n) is 17.2. The number of aromatic hydroxyl groups is 2. The minimum absolute atomic E-state index is 0.0174. The zero-order valence-corrected chi connectivity index (χ0v) is 37.0. The molecule has 4 aromatic rings. The van der Waals surface area contributed by atoms with E-state index in [4.69, 9.17) is 15.6 Å². The Morgan fingerprint density at radius 2 is 1.58 bits per heavy atom. The van der Waals surface area contributed by atoms with E-state index in [0.29, 0.717) is 46.5 Å². The number of rotatable bonds is 10. The lowest BCUT2D eigenvalue weighted by atomic mass is 9.75. The molecule has 1 aliphatic carbocycles. The highest BCUT2D eigenvalue weighted by Crippen LogP contribution is 2.40. The molecular weight excluding hydrogens is 831 g/mol. The fourth-order valence-corrected chi connectivity index (χ4v) is 9.09. The average Bonchev–Trinajstić information content (AvgIpc) is 3.61. The Morgan fingerprint density at radius 1 is 0.908 bits per heavy atom. The average molecular weight is 884 g/mol. The number of carbonyl (C=O) groups excluding carboxylic acids is 6. The third-order valence-electron chi connectivity index (χ3n) is 12.5. The number of hydrogen-bond acceptors (Lipinski definition) is 11. The number of fused-ring (bicyclic) bond motifs is 1. The van der Waals surface area contributed by atoms with Crippen molar-refractivity contribution in [2.45, 2.75) is 97.6 Å². The maximum absolute atomic E-state index is 13.8. The molecule has 1 saturated carbocycles. The van der Waals surface area contributed by atoms with Crippen molar-refractivity contribution in [3.8, 4) is 17.2 Å². The number of Topliss-reactive ketones (excluding diaryl/α,β-unsaturated/α-hetero) is 1. The van der Waals surface area contributed by atoms with E-state index in [1.165, 1.54) is 11.0 Å². The number of phenolic OH excluding ortho intramolecular Hbond substituents is 2. The summed E-state index contributed by atoms with van der Waals surface area (Å²) in [4.78, 5) is 80.0. The second kappa shape index (κ2) is 18.8. The van der Waals surface area contributed by atoms with Crippen molar-refractivity contribution < 1.29 is 43.7 Å². The van der Waals surface area contributed by atoms with Gasteiger partial charge < -0.3 is 25.2 Å². The van der Waals surface area contributed by atoms with E-state index in [0.717, 1.165) is 40.5 Å². The van der Waals surface area contributed by atoms with E-state index in [1.54, 1.807) is 49.4 Å². The van der Waals surface area contributed by atoms with Gasteiger partial charge in [0.25, 0.3) is 11.8 Å². The first kappa shape index (κ1) is 45.7. The van der Waals surface area contributed by atoms with Crippen LogP contribution in [0.5, 0.6) is 17.2 Å². The summed E-state index contributed by atoms with van der Waals surface area (Å²) in [5.41, 5.74) is 5.12. The zero-order valence-electron chi connectivity index (χ0n) is 37.0. The van der Waals surface area contributed by atoms with Crippen molar-refractivity contribution in [2.75, 3.05) is 16.8 Å². The number of anilines is 2. The molecular formula is C49H53N7O9. The van der Waals surface area contributed by atoms with Crippen molar-refractivity contribution in [3.63, 3.8) is 0 Å². The Labute approximate surface area is 376 Å². The van der Waals surface area contributed by atoms with Crippen LogP contribution in [0.2, 0.25) is 0 Å². The van der Waals surface area contributed by atoms with Crippen molar-refractivity contribution in [1.29, 1.82) is 10.8 Å². The number of amides is 5. The molecule has 2 fully saturated rings. The van der Waals surface area contributed by atoms with E-state index in [-0.39, 0.29) is 89.9 Å². The molecule has 338 valence electrons. The van der Waals surface area contributed by atoms with Crippen molar-refractivity contribution in [2.24, 2.45) is 5.92 Å². The molecule has 16 nitrogen and oxygen atoms in total. The highest BCUT2D eigenvalue weighted by Gasteiger charge is 2.40. The Morgan fingerprint density at radius 3 is 2.22 bits per heavy atom. The van der Waals surface area contributed by atoms with Gasteiger partial charge in [-0.05, 0) is 129 Å². The van der Waals surface area contributed by atoms with Gasteiger partial charge in [0.15, 0.2) is 11.6 Å². The highest BCUT2D eigenvalue weighted by molar-refractivity contribution is 6.48. The fraction of sp³-hybridized carbons (Fsp3) is 0.347. The minimum atomic E-state index is -0.786. The van der Waals surface area contributed by atoms with Gasteiger partial charge in [-0.25, -0.2) is 4.79 Å². The first-order valence-electron chi connectivity index (χ1n) is 21.8. The van der Waals surface area contributed by atoms with E-state index in [2.05, 4.69) is 16.0 Å². The van der Waals surface area contributed by atoms with Crippen molar-refractivity contribution in [3.05, 3.63) is 111 Å². The molecule has 0 bridgehead atoms. The Kier molecular flexibility index (Phi) is 13.2. The summed E-state index contributed by atoms with van der Waals surface area (Å²) < 4.78 is 5.83. The number of aryl methyl sites for hydroxylation is 2. The Balaban J connectivity index is 0.985. The van der Waals surface area contributed by atoms with Crippen LogP contribution in [0.4, 0.5) is 16.2 Å². The summed E-state index contributed by atoms with van der Waals surface area (Å²) >= 11 is 0. The Bertz CT molecular complexity index is 2610. The largest absolute Gasteiger partial charge is 0.508 e. The van der Waals surface area contributed by atoms with E-state index >= 15 is 0 Å². The summed E-state index contributed by atoms with van der Waals surface area (Å²) in [7, 11) is 0. The first-order chi connectivity index (χ1) is 31.0. The molecule has 4 aromatic carbocycles. The van der Waals surface area contributed by atoms with E-state index < -0.39 is 29.8 Å². The van der Waals surface area contributed by atoms with Crippen LogP contribution in [0.1, 0.15) is 125 Å². The maximum Gasteiger partial charge on any atom is 0.417 e. The monoisotopic (exact) mass is 883 g/mol. The van der Waals surface area contributed by atoms with Crippen LogP contribution in [0.25, 0.3) is 0 Å². The number of hydrogen-bond donors (Lipinski definition) is 7. The summed E-state index contributed by atoms with van der Waals surface area (Å²) in [6.07, 6.45) is 2.42. The fourth-order valence-electron chi connectivity index (χ4n) is 9.09. The van der Waals surface area contributed by atoms with E-state index in [9.17, 15) is 39.0 Å². The predicted octanol–water partition coefficient (Wildman–Crippen LogP) is 7.31. The van der Waals surface area contributed by atoms with Gasteiger partial charge in [0.1, 0.15) is 29.1 Å². The summed E-state index contributed by atoms with van der Waals surface area (Å²) in [6, 6.07) is 17.2. The Hall–Kier alpha value is -7.36. The van der Waals surface area contributed by atoms with Gasteiger partial charge in [-0.1, -0.05) is 32.0 Å². The van der Waals surface area contributed by atoms with Gasteiger partial charge in [-0.15, -0.1) is 0 Å². The number of phenols is 2. The molecule has 1 atom stereocenters. The van der Waals surface area contributed by atoms with Gasteiger partial charge in [-0.3, -0.25) is 50.3 Å². The second-order valence-corrected chi connectivity index (χ2v) is 17.2. The molecule has 0 spiro atoms. The highest BCUT2D eigenvalue weighted by atomic mass is 16.6. The van der Waals surface area contributed by atoms with Gasteiger partial charge in [0, 0.05) is 59.6 Å². The standard InChI is InChI=1S/C49H53N7O9/c1-6-52-47(62)45(51)56(44(50)35-22-34(25(2)3)39(57)23-40(35)58)32-16-14-30(15-17-32)42(60)29-12-10-28(11-13-29)31-20-26(4)43(27(5)21-31)65-49(64)53-37-9-7-8-33-36(37)24-55(48(33)63)38-18-19-41(59)54-46(38)61/h7-9,14-17,20-23,25,28-29,38,50-51,57-58H,6,10-13,18-19,24H2,1-5H3,(H,52,62)(H,53,64)(H,54,59,61). The quantitative estimate of drug-likeness (QED) is 0.0362. The van der Waals surface area contributed by atoms with Crippen LogP contribution >= 0.6 is 0 Å². The van der Waals surface area contributed by atoms with Crippen molar-refractivity contribution >= 4 is 58.6 Å². The lowest BCUT2D eigenvalue weighted by molar-refractivity contribution is -0.137. The molecule has 5 amide bonds. The lowest BCUT2D eigenvalue weighted by Gasteiger charge is -2.29. The van der Waals surface area contributed by atoms with Crippen LogP contribution in [0, 0.1) is 30.6 Å².